The lowest BCUT2D eigenvalue weighted by molar-refractivity contribution is -0.383. The number of methoxy groups -OCH3 is 1. The fourth-order valence-corrected chi connectivity index (χ4v) is 3.33. The number of hydrogen-bond donors (Lipinski definition) is 1. The van der Waals surface area contributed by atoms with Gasteiger partial charge >= 0.3 is 0 Å². The quantitative estimate of drug-likeness (QED) is 0.580. The summed E-state index contributed by atoms with van der Waals surface area (Å²) in [7, 11) is 1.41. The molecule has 28 heavy (non-hydrogen) atoms. The molecular formula is C18H15Cl2N3O5. The minimum atomic E-state index is -0.701. The fraction of sp³-hybridized carbons (Fsp3) is 0.222. The molecule has 146 valence electrons. The van der Waals surface area contributed by atoms with Crippen LogP contribution in [0.3, 0.4) is 0 Å². The number of nitrogens with one attached hydrogen (secondary N) is 1. The summed E-state index contributed by atoms with van der Waals surface area (Å²) in [4.78, 5) is 37.0. The molecule has 1 atom stereocenters. The minimum Gasteiger partial charge on any atom is -0.497 e. The van der Waals surface area contributed by atoms with E-state index in [0.29, 0.717) is 21.5 Å². The first-order chi connectivity index (χ1) is 13.3. The number of carbonyl (C=O) groups is 2. The normalized spacial score (nSPS) is 16.2. The summed E-state index contributed by atoms with van der Waals surface area (Å²) in [6.07, 6.45) is -0.0492. The van der Waals surface area contributed by atoms with Crippen molar-refractivity contribution < 1.29 is 19.2 Å². The predicted molar refractivity (Wildman–Crippen MR) is 105 cm³/mol. The number of ether oxygens (including phenoxy) is 1. The second kappa shape index (κ2) is 8.04. The maximum atomic E-state index is 12.7. The molecule has 1 aliphatic rings. The second-order valence-electron chi connectivity index (χ2n) is 6.13. The molecule has 1 saturated heterocycles. The van der Waals surface area contributed by atoms with Gasteiger partial charge in [-0.3, -0.25) is 19.7 Å². The Morgan fingerprint density at radius 3 is 2.71 bits per heavy atom. The van der Waals surface area contributed by atoms with Crippen molar-refractivity contribution >= 4 is 52.1 Å². The maximum Gasteiger partial charge on any atom is 0.293 e. The van der Waals surface area contributed by atoms with Crippen LogP contribution in [-0.4, -0.2) is 30.4 Å². The monoisotopic (exact) mass is 423 g/mol. The van der Waals surface area contributed by atoms with Crippen molar-refractivity contribution in [3.63, 3.8) is 0 Å². The van der Waals surface area contributed by atoms with E-state index >= 15 is 0 Å². The van der Waals surface area contributed by atoms with Gasteiger partial charge < -0.3 is 15.0 Å². The number of nitrogens with zero attached hydrogens (tertiary/aromatic N) is 2. The van der Waals surface area contributed by atoms with Crippen LogP contribution in [0.5, 0.6) is 5.75 Å². The van der Waals surface area contributed by atoms with Gasteiger partial charge in [0, 0.05) is 30.1 Å². The van der Waals surface area contributed by atoms with Crippen LogP contribution in [0.25, 0.3) is 0 Å². The van der Waals surface area contributed by atoms with Crippen molar-refractivity contribution in [2.45, 2.75) is 6.42 Å². The van der Waals surface area contributed by atoms with E-state index in [4.69, 9.17) is 27.9 Å². The summed E-state index contributed by atoms with van der Waals surface area (Å²) in [5, 5.41) is 14.5. The van der Waals surface area contributed by atoms with Crippen molar-refractivity contribution in [2.75, 3.05) is 23.9 Å². The Balaban J connectivity index is 1.80. The molecule has 3 rings (SSSR count). The van der Waals surface area contributed by atoms with Gasteiger partial charge in [0.05, 0.1) is 28.7 Å². The number of amides is 2. The Bertz CT molecular complexity index is 966. The van der Waals surface area contributed by atoms with Gasteiger partial charge in [-0.25, -0.2) is 0 Å². The first kappa shape index (κ1) is 19.9. The summed E-state index contributed by atoms with van der Waals surface area (Å²) < 4.78 is 5.05. The molecule has 10 heteroatoms. The first-order valence-electron chi connectivity index (χ1n) is 8.19. The summed E-state index contributed by atoms with van der Waals surface area (Å²) in [5.74, 6) is -1.14. The number of rotatable bonds is 5. The highest BCUT2D eigenvalue weighted by Crippen LogP contribution is 2.34. The molecule has 0 saturated carbocycles. The smallest absolute Gasteiger partial charge is 0.293 e. The molecular weight excluding hydrogens is 409 g/mol. The molecule has 2 aromatic rings. The molecule has 0 aromatic heterocycles. The highest BCUT2D eigenvalue weighted by molar-refractivity contribution is 6.36. The van der Waals surface area contributed by atoms with Crippen LogP contribution in [0.2, 0.25) is 10.0 Å². The molecule has 0 unspecified atom stereocenters. The van der Waals surface area contributed by atoms with Crippen molar-refractivity contribution in [1.29, 1.82) is 0 Å². The van der Waals surface area contributed by atoms with Gasteiger partial charge in [-0.2, -0.15) is 0 Å². The number of nitro benzene ring substituents is 1. The standard InChI is InChI=1S/C18H15Cl2N3O5/c1-28-12-3-5-15(23(26)27)14(8-12)21-18(25)10-6-17(24)22(9-10)16-7-11(19)2-4-13(16)20/h2-5,7-8,10H,6,9H2,1H3,(H,21,25)/t10-/m1/s1. The number of carbonyl (C=O) groups excluding carboxylic acids is 2. The van der Waals surface area contributed by atoms with Gasteiger partial charge in [-0.1, -0.05) is 23.2 Å². The molecule has 1 N–H and O–H groups in total. The van der Waals surface area contributed by atoms with Crippen LogP contribution in [0.4, 0.5) is 17.1 Å². The number of hydrogen-bond acceptors (Lipinski definition) is 5. The van der Waals surface area contributed by atoms with E-state index in [2.05, 4.69) is 5.32 Å². The number of halogens is 2. The third-order valence-corrected chi connectivity index (χ3v) is 4.91. The zero-order chi connectivity index (χ0) is 20.4. The Labute approximate surface area is 170 Å². The van der Waals surface area contributed by atoms with Gasteiger partial charge in [0.1, 0.15) is 11.4 Å². The van der Waals surface area contributed by atoms with Crippen molar-refractivity contribution in [3.8, 4) is 5.75 Å². The fourth-order valence-electron chi connectivity index (χ4n) is 2.94. The predicted octanol–water partition coefficient (Wildman–Crippen LogP) is 3.90. The molecule has 0 bridgehead atoms. The third-order valence-electron chi connectivity index (χ3n) is 4.35. The van der Waals surface area contributed by atoms with E-state index in [9.17, 15) is 19.7 Å². The average Bonchev–Trinajstić information content (AvgIpc) is 3.05. The van der Waals surface area contributed by atoms with Gasteiger partial charge in [-0.05, 0) is 24.3 Å². The van der Waals surface area contributed by atoms with E-state index in [1.165, 1.54) is 30.2 Å². The Morgan fingerprint density at radius 2 is 2.04 bits per heavy atom. The van der Waals surface area contributed by atoms with E-state index in [-0.39, 0.29) is 30.2 Å². The van der Waals surface area contributed by atoms with Crippen LogP contribution in [0, 0.1) is 16.0 Å². The summed E-state index contributed by atoms with van der Waals surface area (Å²) >= 11 is 12.1. The summed E-state index contributed by atoms with van der Waals surface area (Å²) in [6.45, 7) is 0.0858. The van der Waals surface area contributed by atoms with Crippen LogP contribution in [0.15, 0.2) is 36.4 Å². The molecule has 1 heterocycles. The highest BCUT2D eigenvalue weighted by atomic mass is 35.5. The second-order valence-corrected chi connectivity index (χ2v) is 6.97. The van der Waals surface area contributed by atoms with Gasteiger partial charge in [0.25, 0.3) is 5.69 Å². The Hall–Kier alpha value is -2.84. The largest absolute Gasteiger partial charge is 0.497 e. The van der Waals surface area contributed by atoms with Gasteiger partial charge in [0.2, 0.25) is 11.8 Å². The SMILES string of the molecule is COc1ccc([N+](=O)[O-])c(NC(=O)[C@@H]2CC(=O)N(c3cc(Cl)ccc3Cl)C2)c1. The lowest BCUT2D eigenvalue weighted by Crippen LogP contribution is -2.28. The number of benzene rings is 2. The van der Waals surface area contributed by atoms with Crippen LogP contribution in [0.1, 0.15) is 6.42 Å². The van der Waals surface area contributed by atoms with Crippen LogP contribution < -0.4 is 15.0 Å². The summed E-state index contributed by atoms with van der Waals surface area (Å²) in [6, 6.07) is 8.75. The van der Waals surface area contributed by atoms with E-state index in [1.54, 1.807) is 18.2 Å². The number of nitro groups is 1. The molecule has 0 radical (unpaired) electrons. The zero-order valence-corrected chi connectivity index (χ0v) is 16.2. The molecule has 0 aliphatic carbocycles. The molecule has 0 spiro atoms. The zero-order valence-electron chi connectivity index (χ0n) is 14.6. The molecule has 1 fully saturated rings. The van der Waals surface area contributed by atoms with Crippen LogP contribution in [-0.2, 0) is 9.59 Å². The third kappa shape index (κ3) is 4.02. The molecule has 2 amide bonds. The lowest BCUT2D eigenvalue weighted by Gasteiger charge is -2.18. The molecule has 8 nitrogen and oxygen atoms in total. The Morgan fingerprint density at radius 1 is 1.29 bits per heavy atom. The van der Waals surface area contributed by atoms with Gasteiger partial charge in [-0.15, -0.1) is 0 Å². The average molecular weight is 424 g/mol. The van der Waals surface area contributed by atoms with E-state index in [1.807, 2.05) is 0 Å². The molecule has 1 aliphatic heterocycles. The van der Waals surface area contributed by atoms with Crippen LogP contribution >= 0.6 is 23.2 Å². The maximum absolute atomic E-state index is 12.7. The minimum absolute atomic E-state index is 0.000960. The summed E-state index contributed by atoms with van der Waals surface area (Å²) in [5.41, 5.74) is 0.149. The Kier molecular flexibility index (Phi) is 5.71. The van der Waals surface area contributed by atoms with E-state index in [0.717, 1.165) is 0 Å². The number of anilines is 2. The van der Waals surface area contributed by atoms with Gasteiger partial charge in [0.15, 0.2) is 0 Å². The van der Waals surface area contributed by atoms with Crippen molar-refractivity contribution in [3.05, 3.63) is 56.6 Å². The topological polar surface area (TPSA) is 102 Å². The molecule has 2 aromatic carbocycles. The van der Waals surface area contributed by atoms with Crippen molar-refractivity contribution in [2.24, 2.45) is 5.92 Å². The highest BCUT2D eigenvalue weighted by Gasteiger charge is 2.36. The first-order valence-corrected chi connectivity index (χ1v) is 8.94. The lowest BCUT2D eigenvalue weighted by atomic mass is 10.1. The van der Waals surface area contributed by atoms with E-state index < -0.39 is 16.7 Å². The van der Waals surface area contributed by atoms with Crippen molar-refractivity contribution in [1.82, 2.24) is 0 Å².